The summed E-state index contributed by atoms with van der Waals surface area (Å²) in [5.41, 5.74) is 10.3. The molecule has 4 nitrogen and oxygen atoms in total. The van der Waals surface area contributed by atoms with Gasteiger partial charge in [0.15, 0.2) is 0 Å². The van der Waals surface area contributed by atoms with Gasteiger partial charge in [0.2, 0.25) is 0 Å². The van der Waals surface area contributed by atoms with E-state index in [1.165, 1.54) is 0 Å². The number of phenols is 1. The molecule has 1 heterocycles. The molecule has 2 rings (SSSR count). The summed E-state index contributed by atoms with van der Waals surface area (Å²) in [6.07, 6.45) is 1.68. The Morgan fingerprint density at radius 3 is 2.33 bits per heavy atom. The molecule has 3 N–H and O–H groups in total. The number of benzene rings is 1. The van der Waals surface area contributed by atoms with Gasteiger partial charge < -0.3 is 10.8 Å². The first-order valence-corrected chi connectivity index (χ1v) is 6.41. The molecule has 0 amide bonds. The Hall–Kier alpha value is -1.49. The topological polar surface area (TPSA) is 64.1 Å². The summed E-state index contributed by atoms with van der Waals surface area (Å²) >= 11 is 3.56. The van der Waals surface area contributed by atoms with Crippen LogP contribution in [0.2, 0.25) is 0 Å². The van der Waals surface area contributed by atoms with Crippen LogP contribution in [0.3, 0.4) is 0 Å². The molecule has 0 fully saturated rings. The smallest absolute Gasteiger partial charge is 0.129 e. The van der Waals surface area contributed by atoms with Crippen LogP contribution in [0.1, 0.15) is 16.7 Å². The maximum Gasteiger partial charge on any atom is 0.129 e. The molecule has 2 aromatic rings. The van der Waals surface area contributed by atoms with Crippen LogP contribution in [0.15, 0.2) is 10.7 Å². The van der Waals surface area contributed by atoms with Gasteiger partial charge in [0, 0.05) is 22.6 Å². The van der Waals surface area contributed by atoms with Crippen LogP contribution in [0, 0.1) is 20.8 Å². The molecule has 0 atom stereocenters. The molecule has 5 heteroatoms. The van der Waals surface area contributed by atoms with Gasteiger partial charge in [0.1, 0.15) is 11.6 Å². The number of hydrogen-bond acceptors (Lipinski definition) is 3. The number of aromatic nitrogens is 2. The first kappa shape index (κ1) is 13.0. The third-order valence-corrected chi connectivity index (χ3v) is 4.63. The fourth-order valence-corrected chi connectivity index (χ4v) is 2.56. The van der Waals surface area contributed by atoms with Crippen LogP contribution in [-0.2, 0) is 7.05 Å². The van der Waals surface area contributed by atoms with Gasteiger partial charge in [-0.1, -0.05) is 15.9 Å². The summed E-state index contributed by atoms with van der Waals surface area (Å²) in [6, 6.07) is 0. The predicted molar refractivity (Wildman–Crippen MR) is 76.6 cm³/mol. The van der Waals surface area contributed by atoms with E-state index >= 15 is 0 Å². The lowest BCUT2D eigenvalue weighted by Crippen LogP contribution is -2.00. The molecule has 0 spiro atoms. The largest absolute Gasteiger partial charge is 0.507 e. The average molecular weight is 310 g/mol. The lowest BCUT2D eigenvalue weighted by atomic mass is 9.95. The molecule has 0 aliphatic rings. The van der Waals surface area contributed by atoms with Crippen molar-refractivity contribution in [1.29, 1.82) is 0 Å². The second-order valence-corrected chi connectivity index (χ2v) is 5.27. The fourth-order valence-electron chi connectivity index (χ4n) is 2.07. The molecule has 96 valence electrons. The second kappa shape index (κ2) is 4.31. The maximum atomic E-state index is 10.4. The minimum Gasteiger partial charge on any atom is -0.507 e. The van der Waals surface area contributed by atoms with E-state index < -0.39 is 0 Å². The third kappa shape index (κ3) is 1.70. The maximum absolute atomic E-state index is 10.4. The Bertz CT molecular complexity index is 603. The van der Waals surface area contributed by atoms with Crippen molar-refractivity contribution >= 4 is 21.7 Å². The number of anilines is 1. The van der Waals surface area contributed by atoms with Crippen LogP contribution in [-0.4, -0.2) is 14.9 Å². The highest BCUT2D eigenvalue weighted by Crippen LogP contribution is 2.43. The average Bonchev–Trinajstić information content (AvgIpc) is 2.66. The van der Waals surface area contributed by atoms with E-state index in [2.05, 4.69) is 21.0 Å². The highest BCUT2D eigenvalue weighted by molar-refractivity contribution is 9.10. The van der Waals surface area contributed by atoms with E-state index in [9.17, 15) is 5.11 Å². The minimum atomic E-state index is 0.271. The first-order chi connectivity index (χ1) is 8.36. The molecule has 0 radical (unpaired) electrons. The molecule has 18 heavy (non-hydrogen) atoms. The normalized spacial score (nSPS) is 10.9. The molecule has 0 saturated carbocycles. The zero-order chi connectivity index (χ0) is 13.6. The van der Waals surface area contributed by atoms with E-state index in [0.29, 0.717) is 5.82 Å². The third-order valence-electron chi connectivity index (χ3n) is 3.44. The number of nitrogen functional groups attached to an aromatic ring is 1. The van der Waals surface area contributed by atoms with Crippen LogP contribution in [0.4, 0.5) is 5.82 Å². The zero-order valence-corrected chi connectivity index (χ0v) is 12.5. The van der Waals surface area contributed by atoms with Crippen molar-refractivity contribution in [2.75, 3.05) is 5.73 Å². The summed E-state index contributed by atoms with van der Waals surface area (Å²) in [4.78, 5) is 0. The van der Waals surface area contributed by atoms with Crippen LogP contribution in [0.25, 0.3) is 11.1 Å². The molecular formula is C13H16BrN3O. The lowest BCUT2D eigenvalue weighted by molar-refractivity contribution is 0.472. The summed E-state index contributed by atoms with van der Waals surface area (Å²) in [5, 5.41) is 14.5. The summed E-state index contributed by atoms with van der Waals surface area (Å²) in [7, 11) is 1.78. The Morgan fingerprint density at radius 1 is 1.22 bits per heavy atom. The monoisotopic (exact) mass is 309 g/mol. The Labute approximate surface area is 115 Å². The number of aryl methyl sites for hydroxylation is 1. The standard InChI is InChI=1S/C13H16BrN3O/c1-6-7(2)12(18)10(8(3)11(6)14)9-5-16-17(4)13(9)15/h5,18H,15H2,1-4H3. The van der Waals surface area contributed by atoms with Crippen molar-refractivity contribution in [3.63, 3.8) is 0 Å². The molecule has 0 aliphatic carbocycles. The molecular weight excluding hydrogens is 294 g/mol. The summed E-state index contributed by atoms with van der Waals surface area (Å²) < 4.78 is 2.59. The van der Waals surface area contributed by atoms with Crippen molar-refractivity contribution in [3.8, 4) is 16.9 Å². The van der Waals surface area contributed by atoms with Gasteiger partial charge in [-0.15, -0.1) is 0 Å². The van der Waals surface area contributed by atoms with Gasteiger partial charge in [-0.25, -0.2) is 0 Å². The number of aromatic hydroxyl groups is 1. The number of rotatable bonds is 1. The van der Waals surface area contributed by atoms with Gasteiger partial charge in [0.25, 0.3) is 0 Å². The van der Waals surface area contributed by atoms with E-state index in [-0.39, 0.29) is 5.75 Å². The van der Waals surface area contributed by atoms with E-state index in [1.807, 2.05) is 20.8 Å². The summed E-state index contributed by atoms with van der Waals surface area (Å²) in [6.45, 7) is 5.82. The second-order valence-electron chi connectivity index (χ2n) is 4.48. The van der Waals surface area contributed by atoms with Crippen LogP contribution < -0.4 is 5.73 Å². The Kier molecular flexibility index (Phi) is 3.11. The lowest BCUT2D eigenvalue weighted by Gasteiger charge is -2.15. The van der Waals surface area contributed by atoms with Gasteiger partial charge in [0.05, 0.1) is 6.20 Å². The first-order valence-electron chi connectivity index (χ1n) is 5.62. The molecule has 0 saturated heterocycles. The van der Waals surface area contributed by atoms with Crippen molar-refractivity contribution in [2.45, 2.75) is 20.8 Å². The number of halogens is 1. The number of hydrogen-bond donors (Lipinski definition) is 2. The highest BCUT2D eigenvalue weighted by atomic mass is 79.9. The van der Waals surface area contributed by atoms with E-state index in [4.69, 9.17) is 5.73 Å². The molecule has 1 aromatic carbocycles. The van der Waals surface area contributed by atoms with Gasteiger partial charge >= 0.3 is 0 Å². The van der Waals surface area contributed by atoms with E-state index in [1.54, 1.807) is 17.9 Å². The SMILES string of the molecule is Cc1c(C)c(Br)c(C)c(-c2cnn(C)c2N)c1O. The Morgan fingerprint density at radius 2 is 1.83 bits per heavy atom. The van der Waals surface area contributed by atoms with Crippen molar-refractivity contribution in [1.82, 2.24) is 9.78 Å². The summed E-state index contributed by atoms with van der Waals surface area (Å²) in [5.74, 6) is 0.816. The molecule has 1 aromatic heterocycles. The fraction of sp³-hybridized carbons (Fsp3) is 0.308. The predicted octanol–water partition coefficient (Wildman–Crippen LogP) is 3.06. The highest BCUT2D eigenvalue weighted by Gasteiger charge is 2.20. The molecule has 0 aliphatic heterocycles. The van der Waals surface area contributed by atoms with Gasteiger partial charge in [-0.05, 0) is 37.5 Å². The number of nitrogens with zero attached hydrogens (tertiary/aromatic N) is 2. The number of phenolic OH excluding ortho intramolecular Hbond substituents is 1. The molecule has 0 unspecified atom stereocenters. The van der Waals surface area contributed by atoms with Gasteiger partial charge in [-0.2, -0.15) is 5.10 Å². The molecule has 0 bridgehead atoms. The van der Waals surface area contributed by atoms with Crippen molar-refractivity contribution in [3.05, 3.63) is 27.4 Å². The van der Waals surface area contributed by atoms with Crippen molar-refractivity contribution in [2.24, 2.45) is 7.05 Å². The number of nitrogens with two attached hydrogens (primary N) is 1. The van der Waals surface area contributed by atoms with Gasteiger partial charge in [-0.3, -0.25) is 4.68 Å². The van der Waals surface area contributed by atoms with Crippen LogP contribution >= 0.6 is 15.9 Å². The van der Waals surface area contributed by atoms with Crippen molar-refractivity contribution < 1.29 is 5.11 Å². The Balaban J connectivity index is 2.84. The quantitative estimate of drug-likeness (QED) is 0.851. The zero-order valence-electron chi connectivity index (χ0n) is 10.9. The van der Waals surface area contributed by atoms with E-state index in [0.717, 1.165) is 32.3 Å². The van der Waals surface area contributed by atoms with Crippen LogP contribution in [0.5, 0.6) is 5.75 Å². The minimum absolute atomic E-state index is 0.271.